The highest BCUT2D eigenvalue weighted by molar-refractivity contribution is 6.32. The van der Waals surface area contributed by atoms with Crippen molar-refractivity contribution in [1.82, 2.24) is 0 Å². The van der Waals surface area contributed by atoms with E-state index in [2.05, 4.69) is 18.7 Å². The largest absolute Gasteiger partial charge is 0.113 e. The summed E-state index contributed by atoms with van der Waals surface area (Å²) in [5, 5.41) is 0. The Kier molecular flexibility index (Phi) is 2.97. The first-order valence-electron chi connectivity index (χ1n) is 3.78. The van der Waals surface area contributed by atoms with Gasteiger partial charge in [-0.2, -0.15) is 0 Å². The van der Waals surface area contributed by atoms with Crippen LogP contribution >= 0.6 is 0 Å². The van der Waals surface area contributed by atoms with E-state index < -0.39 is 0 Å². The van der Waals surface area contributed by atoms with E-state index in [-0.39, 0.29) is 0 Å². The summed E-state index contributed by atoms with van der Waals surface area (Å²) < 4.78 is 0. The van der Waals surface area contributed by atoms with E-state index in [0.29, 0.717) is 0 Å². The summed E-state index contributed by atoms with van der Waals surface area (Å²) in [4.78, 5) is 0. The Morgan fingerprint density at radius 2 is 1.91 bits per heavy atom. The van der Waals surface area contributed by atoms with Crippen molar-refractivity contribution >= 4 is 13.3 Å². The molecule has 0 bridgehead atoms. The normalized spacial score (nSPS) is 9.45. The van der Waals surface area contributed by atoms with Crippen molar-refractivity contribution in [3.05, 3.63) is 42.5 Å². The summed E-state index contributed by atoms with van der Waals surface area (Å²) in [7, 11) is 5.54. The molecule has 0 atom stereocenters. The fraction of sp³-hybridized carbons (Fsp3) is 0.200. The monoisotopic (exact) mass is 142 g/mol. The minimum absolute atomic E-state index is 0.826. The van der Waals surface area contributed by atoms with Crippen molar-refractivity contribution in [2.24, 2.45) is 0 Å². The van der Waals surface area contributed by atoms with Gasteiger partial charge in [0.15, 0.2) is 0 Å². The Bertz CT molecular complexity index is 223. The van der Waals surface area contributed by atoms with Crippen LogP contribution in [0.25, 0.3) is 0 Å². The van der Waals surface area contributed by atoms with Crippen LogP contribution in [-0.2, 0) is 6.42 Å². The predicted octanol–water partition coefficient (Wildman–Crippen LogP) is 1.60. The highest BCUT2D eigenvalue weighted by Gasteiger charge is 1.88. The van der Waals surface area contributed by atoms with Gasteiger partial charge in [0.2, 0.25) is 0 Å². The molecule has 0 unspecified atom stereocenters. The third-order valence-electron chi connectivity index (χ3n) is 1.62. The lowest BCUT2D eigenvalue weighted by Gasteiger charge is -1.98. The van der Waals surface area contributed by atoms with E-state index in [1.807, 2.05) is 18.2 Å². The van der Waals surface area contributed by atoms with Gasteiger partial charge in [0.25, 0.3) is 0 Å². The third kappa shape index (κ3) is 2.63. The van der Waals surface area contributed by atoms with E-state index in [1.165, 1.54) is 5.56 Å². The fourth-order valence-electron chi connectivity index (χ4n) is 0.953. The number of rotatable bonds is 3. The molecule has 1 rings (SSSR count). The lowest BCUT2D eigenvalue weighted by Crippen LogP contribution is -2.00. The Morgan fingerprint density at radius 3 is 2.45 bits per heavy atom. The Balaban J connectivity index is 2.58. The van der Waals surface area contributed by atoms with Gasteiger partial charge in [-0.15, -0.1) is 6.58 Å². The Morgan fingerprint density at radius 1 is 1.27 bits per heavy atom. The van der Waals surface area contributed by atoms with E-state index in [9.17, 15) is 0 Å². The number of hydrogen-bond acceptors (Lipinski definition) is 0. The van der Waals surface area contributed by atoms with Crippen molar-refractivity contribution in [2.75, 3.05) is 0 Å². The van der Waals surface area contributed by atoms with Crippen LogP contribution in [0.15, 0.2) is 36.9 Å². The lowest BCUT2D eigenvalue weighted by atomic mass is 9.94. The average Bonchev–Trinajstić information content (AvgIpc) is 2.04. The molecule has 0 aliphatic rings. The zero-order chi connectivity index (χ0) is 8.10. The smallest absolute Gasteiger partial charge is 0.103 e. The number of hydrogen-bond donors (Lipinski definition) is 0. The summed E-state index contributed by atoms with van der Waals surface area (Å²) in [5.41, 5.74) is 2.14. The van der Waals surface area contributed by atoms with Crippen molar-refractivity contribution in [3.8, 4) is 0 Å². The molecule has 0 nitrogen and oxygen atoms in total. The number of allylic oxidation sites excluding steroid dienone is 1. The molecule has 0 aliphatic carbocycles. The molecule has 11 heavy (non-hydrogen) atoms. The zero-order valence-corrected chi connectivity index (χ0v) is 6.59. The van der Waals surface area contributed by atoms with E-state index >= 15 is 0 Å². The molecule has 0 N–H and O–H groups in total. The Labute approximate surface area is 69.4 Å². The van der Waals surface area contributed by atoms with Gasteiger partial charge >= 0.3 is 0 Å². The molecule has 0 aliphatic heterocycles. The molecule has 0 saturated heterocycles. The molecular formula is C10H11B. The average molecular weight is 142 g/mol. The second-order valence-electron chi connectivity index (χ2n) is 2.57. The van der Waals surface area contributed by atoms with Crippen LogP contribution in [0.2, 0.25) is 0 Å². The molecule has 0 aromatic heterocycles. The summed E-state index contributed by atoms with van der Waals surface area (Å²) in [6.45, 7) is 3.67. The predicted molar refractivity (Wildman–Crippen MR) is 50.3 cm³/mol. The third-order valence-corrected chi connectivity index (χ3v) is 1.62. The van der Waals surface area contributed by atoms with Gasteiger partial charge in [0, 0.05) is 0 Å². The molecular weight excluding hydrogens is 131 g/mol. The molecule has 0 spiro atoms. The van der Waals surface area contributed by atoms with Gasteiger partial charge < -0.3 is 0 Å². The first kappa shape index (κ1) is 8.12. The molecule has 1 aromatic rings. The van der Waals surface area contributed by atoms with Crippen LogP contribution in [0.3, 0.4) is 0 Å². The maximum atomic E-state index is 5.54. The van der Waals surface area contributed by atoms with Crippen molar-refractivity contribution < 1.29 is 0 Å². The molecule has 54 valence electrons. The first-order chi connectivity index (χ1) is 5.33. The van der Waals surface area contributed by atoms with Crippen molar-refractivity contribution in [2.45, 2.75) is 12.8 Å². The van der Waals surface area contributed by atoms with Crippen molar-refractivity contribution in [3.63, 3.8) is 0 Å². The summed E-state index contributed by atoms with van der Waals surface area (Å²) in [5.74, 6) is 0. The van der Waals surface area contributed by atoms with Gasteiger partial charge in [-0.05, 0) is 18.4 Å². The van der Waals surface area contributed by atoms with Crippen LogP contribution in [0, 0.1) is 0 Å². The summed E-state index contributed by atoms with van der Waals surface area (Å²) in [6, 6.07) is 7.97. The second-order valence-corrected chi connectivity index (χ2v) is 2.57. The minimum Gasteiger partial charge on any atom is -0.103 e. The van der Waals surface area contributed by atoms with Gasteiger partial charge in [0.05, 0.1) is 0 Å². The molecule has 0 heterocycles. The zero-order valence-electron chi connectivity index (χ0n) is 6.59. The van der Waals surface area contributed by atoms with Crippen LogP contribution in [-0.4, -0.2) is 7.85 Å². The van der Waals surface area contributed by atoms with Crippen LogP contribution in [0.4, 0.5) is 0 Å². The van der Waals surface area contributed by atoms with Crippen molar-refractivity contribution in [1.29, 1.82) is 0 Å². The molecule has 1 heteroatoms. The highest BCUT2D eigenvalue weighted by atomic mass is 13.9. The van der Waals surface area contributed by atoms with Crippen LogP contribution in [0.1, 0.15) is 12.0 Å². The van der Waals surface area contributed by atoms with Crippen LogP contribution in [0.5, 0.6) is 0 Å². The minimum atomic E-state index is 0.826. The summed E-state index contributed by atoms with van der Waals surface area (Å²) >= 11 is 0. The first-order valence-corrected chi connectivity index (χ1v) is 3.78. The molecule has 1 aromatic carbocycles. The topological polar surface area (TPSA) is 0 Å². The van der Waals surface area contributed by atoms with Crippen LogP contribution < -0.4 is 5.46 Å². The molecule has 0 fully saturated rings. The maximum Gasteiger partial charge on any atom is 0.113 e. The molecule has 0 saturated carbocycles. The SMILES string of the molecule is [B]c1ccc(CCC=C)cc1. The summed E-state index contributed by atoms with van der Waals surface area (Å²) in [6.07, 6.45) is 4.02. The fourth-order valence-corrected chi connectivity index (χ4v) is 0.953. The van der Waals surface area contributed by atoms with E-state index in [1.54, 1.807) is 0 Å². The van der Waals surface area contributed by atoms with E-state index in [0.717, 1.165) is 18.3 Å². The molecule has 0 amide bonds. The Hall–Kier alpha value is -0.975. The van der Waals surface area contributed by atoms with E-state index in [4.69, 9.17) is 7.85 Å². The molecule has 2 radical (unpaired) electrons. The quantitative estimate of drug-likeness (QED) is 0.444. The van der Waals surface area contributed by atoms with Gasteiger partial charge in [-0.3, -0.25) is 0 Å². The van der Waals surface area contributed by atoms with Gasteiger partial charge in [-0.1, -0.05) is 35.8 Å². The lowest BCUT2D eigenvalue weighted by molar-refractivity contribution is 1.01. The van der Waals surface area contributed by atoms with Gasteiger partial charge in [0.1, 0.15) is 7.85 Å². The number of aryl methyl sites for hydroxylation is 1. The second kappa shape index (κ2) is 4.02. The number of benzene rings is 1. The maximum absolute atomic E-state index is 5.54. The van der Waals surface area contributed by atoms with Gasteiger partial charge in [-0.25, -0.2) is 0 Å². The standard InChI is InChI=1S/C10H11B/c1-2-3-4-9-5-7-10(11)8-6-9/h2,5-8H,1,3-4H2. The highest BCUT2D eigenvalue weighted by Crippen LogP contribution is 2.00.